The largest absolute Gasteiger partial charge is 0.330 e. The van der Waals surface area contributed by atoms with E-state index in [1.165, 1.54) is 35.2 Å². The summed E-state index contributed by atoms with van der Waals surface area (Å²) in [5, 5.41) is 0. The van der Waals surface area contributed by atoms with Crippen molar-refractivity contribution in [2.75, 3.05) is 6.54 Å². The third-order valence-corrected chi connectivity index (χ3v) is 7.45. The molecule has 0 unspecified atom stereocenters. The molecule has 4 rings (SSSR count). The van der Waals surface area contributed by atoms with Crippen LogP contribution in [0.2, 0.25) is 0 Å². The van der Waals surface area contributed by atoms with Crippen LogP contribution in [0.3, 0.4) is 0 Å². The molecule has 0 bridgehead atoms. The van der Waals surface area contributed by atoms with Gasteiger partial charge in [0.1, 0.15) is 10.7 Å². The highest BCUT2D eigenvalue weighted by atomic mass is 79.9. The molecule has 2 aromatic carbocycles. The predicted octanol–water partition coefficient (Wildman–Crippen LogP) is 3.72. The lowest BCUT2D eigenvalue weighted by Crippen LogP contribution is -2.32. The number of benzene rings is 2. The van der Waals surface area contributed by atoms with Crippen molar-refractivity contribution < 1.29 is 22.4 Å². The van der Waals surface area contributed by atoms with Gasteiger partial charge in [-0.2, -0.15) is 0 Å². The Morgan fingerprint density at radius 1 is 1.27 bits per heavy atom. The molecule has 0 saturated heterocycles. The molecule has 0 aromatic heterocycles. The van der Waals surface area contributed by atoms with Crippen molar-refractivity contribution in [2.24, 2.45) is 0 Å². The Hall–Kier alpha value is -2.52. The number of sulfonamides is 1. The molecule has 2 aliphatic rings. The summed E-state index contributed by atoms with van der Waals surface area (Å²) in [4.78, 5) is 26.8. The van der Waals surface area contributed by atoms with E-state index in [9.17, 15) is 22.4 Å². The second-order valence-corrected chi connectivity index (χ2v) is 9.96. The van der Waals surface area contributed by atoms with Gasteiger partial charge in [0.15, 0.2) is 0 Å². The fourth-order valence-corrected chi connectivity index (χ4v) is 5.73. The second-order valence-electron chi connectivity index (χ2n) is 7.26. The third kappa shape index (κ3) is 3.56. The van der Waals surface area contributed by atoms with Gasteiger partial charge in [-0.15, -0.1) is 6.58 Å². The van der Waals surface area contributed by atoms with Crippen LogP contribution in [-0.4, -0.2) is 42.0 Å². The van der Waals surface area contributed by atoms with E-state index in [1.54, 1.807) is 12.1 Å². The molecular weight excluding hydrogens is 475 g/mol. The van der Waals surface area contributed by atoms with E-state index in [2.05, 4.69) is 22.5 Å². The van der Waals surface area contributed by atoms with Crippen LogP contribution < -0.4 is 0 Å². The van der Waals surface area contributed by atoms with Gasteiger partial charge in [-0.25, -0.2) is 17.1 Å². The molecule has 9 heteroatoms. The average Bonchev–Trinajstić information content (AvgIpc) is 3.51. The smallest absolute Gasteiger partial charge is 0.269 e. The Labute approximate surface area is 182 Å². The highest BCUT2D eigenvalue weighted by Gasteiger charge is 2.48. The summed E-state index contributed by atoms with van der Waals surface area (Å²) in [5.74, 6) is -1.49. The predicted molar refractivity (Wildman–Crippen MR) is 112 cm³/mol. The average molecular weight is 493 g/mol. The Morgan fingerprint density at radius 2 is 2.00 bits per heavy atom. The van der Waals surface area contributed by atoms with E-state index in [1.807, 2.05) is 0 Å². The monoisotopic (exact) mass is 492 g/mol. The maximum absolute atomic E-state index is 14.2. The van der Waals surface area contributed by atoms with Crippen LogP contribution in [0.25, 0.3) is 0 Å². The zero-order chi connectivity index (χ0) is 21.6. The molecule has 1 aliphatic carbocycles. The lowest BCUT2D eigenvalue weighted by atomic mass is 10.1. The van der Waals surface area contributed by atoms with Gasteiger partial charge in [0.05, 0.1) is 5.56 Å². The highest BCUT2D eigenvalue weighted by Crippen LogP contribution is 2.39. The van der Waals surface area contributed by atoms with Crippen LogP contribution in [0.1, 0.15) is 39.1 Å². The first-order valence-electron chi connectivity index (χ1n) is 9.31. The van der Waals surface area contributed by atoms with Crippen molar-refractivity contribution in [1.29, 1.82) is 0 Å². The number of amides is 2. The molecule has 156 valence electrons. The van der Waals surface area contributed by atoms with Crippen molar-refractivity contribution in [3.8, 4) is 0 Å². The number of hydrogen-bond acceptors (Lipinski definition) is 4. The number of rotatable bonds is 6. The van der Waals surface area contributed by atoms with Crippen LogP contribution in [0.15, 0.2) is 58.4 Å². The summed E-state index contributed by atoms with van der Waals surface area (Å²) < 4.78 is 41.4. The topological polar surface area (TPSA) is 74.8 Å². The zero-order valence-electron chi connectivity index (χ0n) is 15.8. The Balaban J connectivity index is 1.67. The summed E-state index contributed by atoms with van der Waals surface area (Å²) in [6, 6.07) is 8.18. The molecule has 1 heterocycles. The maximum Gasteiger partial charge on any atom is 0.269 e. The summed E-state index contributed by atoms with van der Waals surface area (Å²) in [7, 11) is -3.97. The standard InChI is InChI=1S/C21H18BrFN2O4S/c1-2-9-24(12-14-10-15(22)4-8-18(14)23)20(26)13-3-7-17-19(11-13)30(28,29)25(21(17)27)16-5-6-16/h2-4,7-8,10-11,16H,1,5-6,9,12H2. The number of hydrogen-bond donors (Lipinski definition) is 0. The molecule has 0 spiro atoms. The molecule has 1 fully saturated rings. The van der Waals surface area contributed by atoms with Crippen LogP contribution in [0.5, 0.6) is 0 Å². The van der Waals surface area contributed by atoms with Gasteiger partial charge in [-0.3, -0.25) is 9.59 Å². The Bertz CT molecular complexity index is 1180. The SMILES string of the molecule is C=CCN(Cc1cc(Br)ccc1F)C(=O)c1ccc2c(c1)S(=O)(=O)N(C1CC1)C2=O. The van der Waals surface area contributed by atoms with E-state index in [0.717, 1.165) is 4.31 Å². The fraction of sp³-hybridized carbons (Fsp3) is 0.238. The minimum absolute atomic E-state index is 0.0207. The third-order valence-electron chi connectivity index (χ3n) is 5.08. The molecule has 0 N–H and O–H groups in total. The number of nitrogens with zero attached hydrogens (tertiary/aromatic N) is 2. The minimum Gasteiger partial charge on any atom is -0.330 e. The Morgan fingerprint density at radius 3 is 2.67 bits per heavy atom. The molecular formula is C21H18BrFN2O4S. The van der Waals surface area contributed by atoms with Gasteiger partial charge in [-0.05, 0) is 49.2 Å². The molecule has 6 nitrogen and oxygen atoms in total. The van der Waals surface area contributed by atoms with Gasteiger partial charge in [0.2, 0.25) is 0 Å². The molecule has 2 amide bonds. The van der Waals surface area contributed by atoms with Gasteiger partial charge < -0.3 is 4.90 Å². The van der Waals surface area contributed by atoms with E-state index in [0.29, 0.717) is 22.9 Å². The first kappa shape index (κ1) is 20.7. The van der Waals surface area contributed by atoms with Crippen LogP contribution in [0.4, 0.5) is 4.39 Å². The molecule has 1 saturated carbocycles. The van der Waals surface area contributed by atoms with Crippen LogP contribution in [-0.2, 0) is 16.6 Å². The number of carbonyl (C=O) groups excluding carboxylic acids is 2. The summed E-state index contributed by atoms with van der Waals surface area (Å²) in [6.07, 6.45) is 2.81. The zero-order valence-corrected chi connectivity index (χ0v) is 18.2. The lowest BCUT2D eigenvalue weighted by Gasteiger charge is -2.22. The normalized spacial score (nSPS) is 17.0. The minimum atomic E-state index is -3.97. The molecule has 0 atom stereocenters. The van der Waals surface area contributed by atoms with Gasteiger partial charge in [0.25, 0.3) is 21.8 Å². The molecule has 0 radical (unpaired) electrons. The number of fused-ring (bicyclic) bond motifs is 1. The van der Waals surface area contributed by atoms with Gasteiger partial charge >= 0.3 is 0 Å². The maximum atomic E-state index is 14.2. The van der Waals surface area contributed by atoms with Crippen molar-refractivity contribution in [1.82, 2.24) is 9.21 Å². The Kier molecular flexibility index (Phi) is 5.27. The summed E-state index contributed by atoms with van der Waals surface area (Å²) >= 11 is 3.29. The van der Waals surface area contributed by atoms with E-state index in [4.69, 9.17) is 0 Å². The summed E-state index contributed by atoms with van der Waals surface area (Å²) in [5.41, 5.74) is 0.496. The van der Waals surface area contributed by atoms with Crippen molar-refractivity contribution in [2.45, 2.75) is 30.3 Å². The summed E-state index contributed by atoms with van der Waals surface area (Å²) in [6.45, 7) is 3.76. The van der Waals surface area contributed by atoms with Crippen molar-refractivity contribution in [3.63, 3.8) is 0 Å². The van der Waals surface area contributed by atoms with E-state index < -0.39 is 27.7 Å². The second kappa shape index (κ2) is 7.63. The van der Waals surface area contributed by atoms with E-state index >= 15 is 0 Å². The fourth-order valence-electron chi connectivity index (χ4n) is 3.48. The number of halogens is 2. The van der Waals surface area contributed by atoms with Gasteiger partial charge in [0, 0.05) is 34.7 Å². The lowest BCUT2D eigenvalue weighted by molar-refractivity contribution is 0.0759. The molecule has 2 aromatic rings. The first-order chi connectivity index (χ1) is 14.2. The van der Waals surface area contributed by atoms with Crippen LogP contribution in [0, 0.1) is 5.82 Å². The molecule has 1 aliphatic heterocycles. The highest BCUT2D eigenvalue weighted by molar-refractivity contribution is 9.10. The quantitative estimate of drug-likeness (QED) is 0.575. The first-order valence-corrected chi connectivity index (χ1v) is 11.5. The van der Waals surface area contributed by atoms with Crippen molar-refractivity contribution in [3.05, 3.63) is 76.0 Å². The molecule has 30 heavy (non-hydrogen) atoms. The van der Waals surface area contributed by atoms with Gasteiger partial charge in [-0.1, -0.05) is 22.0 Å². The van der Waals surface area contributed by atoms with E-state index in [-0.39, 0.29) is 35.2 Å². The number of carbonyl (C=O) groups is 2. The van der Waals surface area contributed by atoms with Crippen LogP contribution >= 0.6 is 15.9 Å². The van der Waals surface area contributed by atoms with Crippen molar-refractivity contribution >= 4 is 37.8 Å².